The number of nitrogens with one attached hydrogen (secondary N) is 2. The van der Waals surface area contributed by atoms with Gasteiger partial charge in [-0.1, -0.05) is 41.9 Å². The number of rotatable bonds is 6. The first kappa shape index (κ1) is 18.7. The molecule has 1 aromatic heterocycles. The number of ether oxygens (including phenoxy) is 1. The monoisotopic (exact) mass is 382 g/mol. The standard InChI is InChI=1S/C20H19ClN4O2/c1-13(14-6-4-3-5-7-14)24-19-12-22-17(11-23-19)20(26)25-15-8-9-18(27-2)16(21)10-15/h3-13H,1-2H3,(H,23,24)(H,25,26). The zero-order chi connectivity index (χ0) is 19.2. The van der Waals surface area contributed by atoms with Crippen LogP contribution in [0.25, 0.3) is 0 Å². The third kappa shape index (κ3) is 4.74. The summed E-state index contributed by atoms with van der Waals surface area (Å²) >= 11 is 6.07. The second kappa shape index (κ2) is 8.51. The number of hydrogen-bond donors (Lipinski definition) is 2. The molecule has 0 saturated carbocycles. The number of amides is 1. The van der Waals surface area contributed by atoms with Crippen molar-refractivity contribution < 1.29 is 9.53 Å². The summed E-state index contributed by atoms with van der Waals surface area (Å²) in [4.78, 5) is 20.8. The van der Waals surface area contributed by atoms with Gasteiger partial charge in [0.1, 0.15) is 17.3 Å². The van der Waals surface area contributed by atoms with Crippen molar-refractivity contribution in [1.82, 2.24) is 9.97 Å². The molecule has 0 aliphatic carbocycles. The molecule has 1 heterocycles. The van der Waals surface area contributed by atoms with E-state index < -0.39 is 0 Å². The maximum Gasteiger partial charge on any atom is 0.275 e. The molecule has 0 radical (unpaired) electrons. The zero-order valence-electron chi connectivity index (χ0n) is 14.9. The maximum absolute atomic E-state index is 12.3. The van der Waals surface area contributed by atoms with Crippen molar-refractivity contribution in [2.45, 2.75) is 13.0 Å². The quantitative estimate of drug-likeness (QED) is 0.653. The summed E-state index contributed by atoms with van der Waals surface area (Å²) in [6.45, 7) is 2.03. The van der Waals surface area contributed by atoms with E-state index in [0.29, 0.717) is 22.3 Å². The molecule has 0 aliphatic rings. The van der Waals surface area contributed by atoms with Crippen LogP contribution in [-0.4, -0.2) is 23.0 Å². The second-order valence-electron chi connectivity index (χ2n) is 5.87. The van der Waals surface area contributed by atoms with Crippen molar-refractivity contribution in [2.24, 2.45) is 0 Å². The maximum atomic E-state index is 12.3. The Bertz CT molecular complexity index is 917. The summed E-state index contributed by atoms with van der Waals surface area (Å²) in [5.41, 5.74) is 1.89. The smallest absolute Gasteiger partial charge is 0.275 e. The highest BCUT2D eigenvalue weighted by Gasteiger charge is 2.11. The minimum atomic E-state index is -0.369. The first-order valence-electron chi connectivity index (χ1n) is 8.35. The summed E-state index contributed by atoms with van der Waals surface area (Å²) < 4.78 is 5.09. The molecule has 138 valence electrons. The van der Waals surface area contributed by atoms with E-state index in [1.807, 2.05) is 37.3 Å². The van der Waals surface area contributed by atoms with Gasteiger partial charge in [-0.2, -0.15) is 0 Å². The van der Waals surface area contributed by atoms with Gasteiger partial charge >= 0.3 is 0 Å². The molecule has 3 aromatic rings. The topological polar surface area (TPSA) is 76.1 Å². The van der Waals surface area contributed by atoms with E-state index in [1.54, 1.807) is 18.2 Å². The third-order valence-electron chi connectivity index (χ3n) is 3.96. The molecule has 1 amide bonds. The van der Waals surface area contributed by atoms with Crippen LogP contribution >= 0.6 is 11.6 Å². The molecule has 0 fully saturated rings. The molecule has 2 aromatic carbocycles. The lowest BCUT2D eigenvalue weighted by molar-refractivity contribution is 0.102. The predicted molar refractivity (Wildman–Crippen MR) is 106 cm³/mol. The van der Waals surface area contributed by atoms with Gasteiger partial charge in [-0.15, -0.1) is 0 Å². The van der Waals surface area contributed by atoms with E-state index in [-0.39, 0.29) is 17.6 Å². The van der Waals surface area contributed by atoms with Crippen molar-refractivity contribution in [1.29, 1.82) is 0 Å². The highest BCUT2D eigenvalue weighted by atomic mass is 35.5. The number of carbonyl (C=O) groups excluding carboxylic acids is 1. The number of nitrogens with zero attached hydrogens (tertiary/aromatic N) is 2. The average Bonchev–Trinajstić information content (AvgIpc) is 2.69. The van der Waals surface area contributed by atoms with Crippen LogP contribution in [-0.2, 0) is 0 Å². The number of hydrogen-bond acceptors (Lipinski definition) is 5. The van der Waals surface area contributed by atoms with Crippen molar-refractivity contribution >= 4 is 29.0 Å². The molecule has 2 N–H and O–H groups in total. The number of methoxy groups -OCH3 is 1. The normalized spacial score (nSPS) is 11.5. The summed E-state index contributed by atoms with van der Waals surface area (Å²) in [6, 6.07) is 15.1. The van der Waals surface area contributed by atoms with Crippen LogP contribution in [0.2, 0.25) is 5.02 Å². The molecule has 6 nitrogen and oxygen atoms in total. The summed E-state index contributed by atoms with van der Waals surface area (Å²) in [5, 5.41) is 6.40. The first-order chi connectivity index (χ1) is 13.1. The van der Waals surface area contributed by atoms with Gasteiger partial charge in [0.25, 0.3) is 5.91 Å². The number of benzene rings is 2. The van der Waals surface area contributed by atoms with Gasteiger partial charge in [-0.25, -0.2) is 9.97 Å². The van der Waals surface area contributed by atoms with E-state index in [4.69, 9.17) is 16.3 Å². The lowest BCUT2D eigenvalue weighted by Crippen LogP contribution is -2.15. The molecule has 3 rings (SSSR count). The fourth-order valence-corrected chi connectivity index (χ4v) is 2.76. The largest absolute Gasteiger partial charge is 0.495 e. The summed E-state index contributed by atoms with van der Waals surface area (Å²) in [7, 11) is 1.53. The fourth-order valence-electron chi connectivity index (χ4n) is 2.51. The van der Waals surface area contributed by atoms with E-state index in [1.165, 1.54) is 19.5 Å². The molecule has 0 aliphatic heterocycles. The third-order valence-corrected chi connectivity index (χ3v) is 4.25. The van der Waals surface area contributed by atoms with Crippen LogP contribution in [0, 0.1) is 0 Å². The highest BCUT2D eigenvalue weighted by molar-refractivity contribution is 6.32. The molecule has 1 unspecified atom stereocenters. The van der Waals surface area contributed by atoms with Crippen molar-refractivity contribution in [3.63, 3.8) is 0 Å². The van der Waals surface area contributed by atoms with Gasteiger partial charge in [0.05, 0.1) is 24.5 Å². The Morgan fingerprint density at radius 3 is 2.52 bits per heavy atom. The van der Waals surface area contributed by atoms with Gasteiger partial charge in [0.15, 0.2) is 0 Å². The molecule has 0 saturated heterocycles. The van der Waals surface area contributed by atoms with Crippen LogP contribution in [0.3, 0.4) is 0 Å². The van der Waals surface area contributed by atoms with E-state index in [0.717, 1.165) is 5.56 Å². The van der Waals surface area contributed by atoms with E-state index in [9.17, 15) is 4.79 Å². The van der Waals surface area contributed by atoms with Crippen LogP contribution < -0.4 is 15.4 Å². The van der Waals surface area contributed by atoms with Crippen molar-refractivity contribution in [3.05, 3.63) is 77.2 Å². The first-order valence-corrected chi connectivity index (χ1v) is 8.73. The number of halogens is 1. The summed E-state index contributed by atoms with van der Waals surface area (Å²) in [5.74, 6) is 0.763. The Balaban J connectivity index is 1.64. The van der Waals surface area contributed by atoms with Gasteiger partial charge < -0.3 is 15.4 Å². The van der Waals surface area contributed by atoms with Gasteiger partial charge in [-0.3, -0.25) is 4.79 Å². The minimum Gasteiger partial charge on any atom is -0.495 e. The molecule has 1 atom stereocenters. The molecule has 27 heavy (non-hydrogen) atoms. The number of anilines is 2. The highest BCUT2D eigenvalue weighted by Crippen LogP contribution is 2.27. The molecular weight excluding hydrogens is 364 g/mol. The van der Waals surface area contributed by atoms with Crippen molar-refractivity contribution in [3.8, 4) is 5.75 Å². The number of aromatic nitrogens is 2. The molecule has 0 spiro atoms. The minimum absolute atomic E-state index is 0.0709. The van der Waals surface area contributed by atoms with Crippen LogP contribution in [0.4, 0.5) is 11.5 Å². The summed E-state index contributed by atoms with van der Waals surface area (Å²) in [6.07, 6.45) is 2.97. The number of carbonyl (C=O) groups is 1. The van der Waals surface area contributed by atoms with Crippen LogP contribution in [0.15, 0.2) is 60.9 Å². The van der Waals surface area contributed by atoms with Gasteiger partial charge in [0.2, 0.25) is 0 Å². The van der Waals surface area contributed by atoms with Crippen molar-refractivity contribution in [2.75, 3.05) is 17.7 Å². The molecule has 0 bridgehead atoms. The Kier molecular flexibility index (Phi) is 5.88. The SMILES string of the molecule is COc1ccc(NC(=O)c2cnc(NC(C)c3ccccc3)cn2)cc1Cl. The van der Waals surface area contributed by atoms with E-state index in [2.05, 4.69) is 20.6 Å². The molecular formula is C20H19ClN4O2. The Morgan fingerprint density at radius 1 is 1.11 bits per heavy atom. The lowest BCUT2D eigenvalue weighted by Gasteiger charge is -2.14. The van der Waals surface area contributed by atoms with Gasteiger partial charge in [0, 0.05) is 11.7 Å². The Labute approximate surface area is 162 Å². The van der Waals surface area contributed by atoms with Gasteiger partial charge in [-0.05, 0) is 30.7 Å². The Hall–Kier alpha value is -3.12. The van der Waals surface area contributed by atoms with Crippen LogP contribution in [0.5, 0.6) is 5.75 Å². The fraction of sp³-hybridized carbons (Fsp3) is 0.150. The zero-order valence-corrected chi connectivity index (χ0v) is 15.7. The Morgan fingerprint density at radius 2 is 1.89 bits per heavy atom. The second-order valence-corrected chi connectivity index (χ2v) is 6.27. The average molecular weight is 383 g/mol. The predicted octanol–water partition coefficient (Wildman–Crippen LogP) is 4.56. The van der Waals surface area contributed by atoms with Crippen LogP contribution in [0.1, 0.15) is 29.0 Å². The molecule has 7 heteroatoms. The van der Waals surface area contributed by atoms with E-state index >= 15 is 0 Å². The lowest BCUT2D eigenvalue weighted by atomic mass is 10.1.